The summed E-state index contributed by atoms with van der Waals surface area (Å²) in [5.74, 6) is -6.75. The fourth-order valence-electron chi connectivity index (χ4n) is 5.13. The second kappa shape index (κ2) is 11.7. The minimum absolute atomic E-state index is 0.167. The van der Waals surface area contributed by atoms with Crippen LogP contribution >= 0.6 is 0 Å². The van der Waals surface area contributed by atoms with E-state index in [0.717, 1.165) is 6.33 Å². The Morgan fingerprint density at radius 2 is 1.74 bits per heavy atom. The van der Waals surface area contributed by atoms with Crippen molar-refractivity contribution < 1.29 is 40.2 Å². The molecule has 1 fully saturated rings. The van der Waals surface area contributed by atoms with Gasteiger partial charge in [-0.05, 0) is 18.2 Å². The van der Waals surface area contributed by atoms with Crippen LogP contribution in [0.4, 0.5) is 23.4 Å². The fourth-order valence-corrected chi connectivity index (χ4v) is 6.63. The van der Waals surface area contributed by atoms with Gasteiger partial charge >= 0.3 is 0 Å². The van der Waals surface area contributed by atoms with Gasteiger partial charge in [0.2, 0.25) is 0 Å². The van der Waals surface area contributed by atoms with Crippen LogP contribution in [0.1, 0.15) is 30.0 Å². The highest BCUT2D eigenvalue weighted by Gasteiger charge is 2.49. The lowest BCUT2D eigenvalue weighted by atomic mass is 10.0. The number of sulfonamides is 1. The smallest absolute Gasteiger partial charge is 0.271 e. The highest BCUT2D eigenvalue weighted by molar-refractivity contribution is 7.92. The maximum Gasteiger partial charge on any atom is 0.271 e. The van der Waals surface area contributed by atoms with Gasteiger partial charge in [0, 0.05) is 73.7 Å². The Hall–Kier alpha value is -4.40. The van der Waals surface area contributed by atoms with E-state index in [1.165, 1.54) is 43.4 Å². The number of aryl methyl sites for hydroxylation is 1. The minimum atomic E-state index is -4.95. The first-order chi connectivity index (χ1) is 20.4. The number of halogens is 4. The summed E-state index contributed by atoms with van der Waals surface area (Å²) in [5.41, 5.74) is 0.811. The van der Waals surface area contributed by atoms with Gasteiger partial charge in [-0.15, -0.1) is 0 Å². The molecule has 0 bridgehead atoms. The third-order valence-corrected chi connectivity index (χ3v) is 8.95. The number of benzene rings is 2. The lowest BCUT2D eigenvalue weighted by Crippen LogP contribution is -2.33. The van der Waals surface area contributed by atoms with Crippen LogP contribution in [-0.2, 0) is 23.6 Å². The number of aromatic nitrogens is 4. The van der Waals surface area contributed by atoms with E-state index in [1.807, 2.05) is 0 Å². The number of alkyl halides is 2. The molecule has 1 saturated carbocycles. The van der Waals surface area contributed by atoms with E-state index in [-0.39, 0.29) is 11.6 Å². The van der Waals surface area contributed by atoms with Crippen LogP contribution in [0.2, 0.25) is 0 Å². The van der Waals surface area contributed by atoms with Crippen molar-refractivity contribution in [2.45, 2.75) is 42.2 Å². The molecule has 2 unspecified atom stereocenters. The SMILES string of the molecule is COc1ccc(CN(c2ccncn2)S(=O)(=O)c2c(F)cc(OC3CC(F)(F)CC3c3ccnn3C)cc2F)c(OC)c1. The summed E-state index contributed by atoms with van der Waals surface area (Å²) < 4.78 is 106. The van der Waals surface area contributed by atoms with Crippen molar-refractivity contribution in [1.29, 1.82) is 0 Å². The molecule has 43 heavy (non-hydrogen) atoms. The van der Waals surface area contributed by atoms with Crippen molar-refractivity contribution >= 4 is 15.8 Å². The summed E-state index contributed by atoms with van der Waals surface area (Å²) >= 11 is 0. The molecule has 1 aliphatic carbocycles. The molecular formula is C28H27F4N5O5S. The molecule has 5 rings (SSSR count). The van der Waals surface area contributed by atoms with Crippen LogP contribution in [0.25, 0.3) is 0 Å². The van der Waals surface area contributed by atoms with Gasteiger partial charge in [-0.1, -0.05) is 0 Å². The van der Waals surface area contributed by atoms with Gasteiger partial charge in [-0.3, -0.25) is 4.68 Å². The van der Waals surface area contributed by atoms with E-state index in [1.54, 1.807) is 25.2 Å². The van der Waals surface area contributed by atoms with Gasteiger partial charge in [-0.25, -0.2) is 40.3 Å². The lowest BCUT2D eigenvalue weighted by molar-refractivity contribution is -0.00140. The van der Waals surface area contributed by atoms with Gasteiger partial charge in [0.05, 0.1) is 20.8 Å². The zero-order valence-corrected chi connectivity index (χ0v) is 24.1. The highest BCUT2D eigenvalue weighted by atomic mass is 32.2. The van der Waals surface area contributed by atoms with Crippen LogP contribution in [0, 0.1) is 11.6 Å². The zero-order chi connectivity index (χ0) is 30.9. The monoisotopic (exact) mass is 621 g/mol. The summed E-state index contributed by atoms with van der Waals surface area (Å²) in [7, 11) is -0.539. The molecule has 4 aromatic rings. The second-order valence-electron chi connectivity index (χ2n) is 9.88. The van der Waals surface area contributed by atoms with Crippen molar-refractivity contribution in [3.05, 3.63) is 84.1 Å². The van der Waals surface area contributed by atoms with Gasteiger partial charge < -0.3 is 14.2 Å². The van der Waals surface area contributed by atoms with Crippen molar-refractivity contribution in [2.24, 2.45) is 7.05 Å². The van der Waals surface area contributed by atoms with Crippen LogP contribution in [-0.4, -0.2) is 54.4 Å². The molecule has 2 aromatic carbocycles. The Bertz CT molecular complexity index is 1700. The zero-order valence-electron chi connectivity index (χ0n) is 23.2. The maximum absolute atomic E-state index is 15.6. The van der Waals surface area contributed by atoms with Crippen LogP contribution < -0.4 is 18.5 Å². The largest absolute Gasteiger partial charge is 0.497 e. The van der Waals surface area contributed by atoms with E-state index in [4.69, 9.17) is 14.2 Å². The van der Waals surface area contributed by atoms with Gasteiger partial charge in [0.1, 0.15) is 47.1 Å². The predicted octanol–water partition coefficient (Wildman–Crippen LogP) is 4.86. The number of anilines is 1. The molecule has 0 spiro atoms. The molecule has 0 N–H and O–H groups in total. The number of ether oxygens (including phenoxy) is 3. The van der Waals surface area contributed by atoms with Gasteiger partial charge in [0.15, 0.2) is 4.90 Å². The lowest BCUT2D eigenvalue weighted by Gasteiger charge is -2.25. The first-order valence-electron chi connectivity index (χ1n) is 12.9. The van der Waals surface area contributed by atoms with Crippen molar-refractivity contribution in [1.82, 2.24) is 19.7 Å². The molecule has 0 aliphatic heterocycles. The Labute approximate surface area is 244 Å². The summed E-state index contributed by atoms with van der Waals surface area (Å²) in [6.07, 6.45) is 1.42. The van der Waals surface area contributed by atoms with E-state index in [2.05, 4.69) is 15.1 Å². The third-order valence-electron chi connectivity index (χ3n) is 7.14. The topological polar surface area (TPSA) is 109 Å². The van der Waals surface area contributed by atoms with E-state index in [0.29, 0.717) is 33.4 Å². The Morgan fingerprint density at radius 3 is 2.35 bits per heavy atom. The summed E-state index contributed by atoms with van der Waals surface area (Å²) in [6.45, 7) is -0.423. The summed E-state index contributed by atoms with van der Waals surface area (Å²) in [6, 6.07) is 8.80. The third kappa shape index (κ3) is 6.07. The van der Waals surface area contributed by atoms with Crippen LogP contribution in [0.15, 0.2) is 66.1 Å². The normalized spacial score (nSPS) is 17.9. The number of nitrogens with zero attached hydrogens (tertiary/aromatic N) is 5. The van der Waals surface area contributed by atoms with Crippen molar-refractivity contribution in [3.8, 4) is 17.2 Å². The number of methoxy groups -OCH3 is 2. The first kappa shape index (κ1) is 30.1. The Morgan fingerprint density at radius 1 is 1.00 bits per heavy atom. The van der Waals surface area contributed by atoms with E-state index < -0.39 is 69.6 Å². The maximum atomic E-state index is 15.6. The molecule has 0 radical (unpaired) electrons. The Kier molecular flexibility index (Phi) is 8.18. The molecule has 15 heteroatoms. The highest BCUT2D eigenvalue weighted by Crippen LogP contribution is 2.46. The van der Waals surface area contributed by atoms with Crippen LogP contribution in [0.3, 0.4) is 0 Å². The first-order valence-corrected chi connectivity index (χ1v) is 14.4. The second-order valence-corrected chi connectivity index (χ2v) is 11.7. The average Bonchev–Trinajstić information content (AvgIpc) is 3.52. The van der Waals surface area contributed by atoms with Crippen molar-refractivity contribution in [3.63, 3.8) is 0 Å². The molecule has 0 amide bonds. The molecule has 228 valence electrons. The van der Waals surface area contributed by atoms with Crippen molar-refractivity contribution in [2.75, 3.05) is 18.5 Å². The molecule has 2 aromatic heterocycles. The van der Waals surface area contributed by atoms with E-state index in [9.17, 15) is 17.2 Å². The quantitative estimate of drug-likeness (QED) is 0.231. The number of rotatable bonds is 10. The molecule has 2 atom stereocenters. The average molecular weight is 622 g/mol. The molecule has 1 aliphatic rings. The summed E-state index contributed by atoms with van der Waals surface area (Å²) in [5, 5.41) is 4.01. The minimum Gasteiger partial charge on any atom is -0.497 e. The molecular weight excluding hydrogens is 594 g/mol. The van der Waals surface area contributed by atoms with Gasteiger partial charge in [0.25, 0.3) is 15.9 Å². The van der Waals surface area contributed by atoms with E-state index >= 15 is 8.78 Å². The number of hydrogen-bond donors (Lipinski definition) is 0. The molecule has 10 nitrogen and oxygen atoms in total. The molecule has 0 saturated heterocycles. The fraction of sp³-hybridized carbons (Fsp3) is 0.321. The predicted molar refractivity (Wildman–Crippen MR) is 146 cm³/mol. The van der Waals surface area contributed by atoms with Crippen LogP contribution in [0.5, 0.6) is 17.2 Å². The standard InChI is InChI=1S/C28H27F4N5O5S/c1-36-23(6-9-35-36)20-13-28(31,32)14-25(20)42-19-10-21(29)27(22(30)11-19)43(38,39)37(26-7-8-33-16-34-26)15-17-4-5-18(40-2)12-24(17)41-3/h4-12,16,20,25H,13-15H2,1-3H3. The van der Waals surface area contributed by atoms with Gasteiger partial charge in [-0.2, -0.15) is 5.10 Å². The summed E-state index contributed by atoms with van der Waals surface area (Å²) in [4.78, 5) is 6.49. The number of hydrogen-bond acceptors (Lipinski definition) is 8. The Balaban J connectivity index is 1.50. The molecule has 2 heterocycles.